The minimum Gasteiger partial charge on any atom is -0.378 e. The Labute approximate surface area is 144 Å². The fourth-order valence-electron chi connectivity index (χ4n) is 5.52. The van der Waals surface area contributed by atoms with Gasteiger partial charge in [0.1, 0.15) is 0 Å². The maximum atomic E-state index is 5.62. The minimum atomic E-state index is 0.206. The van der Waals surface area contributed by atoms with E-state index in [-0.39, 0.29) is 5.41 Å². The highest BCUT2D eigenvalue weighted by Crippen LogP contribution is 2.69. The lowest BCUT2D eigenvalue weighted by Crippen LogP contribution is -2.37. The number of nitrogens with zero attached hydrogens (tertiary/aromatic N) is 2. The summed E-state index contributed by atoms with van der Waals surface area (Å²) >= 11 is 0. The first-order valence-electron chi connectivity index (χ1n) is 9.30. The van der Waals surface area contributed by atoms with Gasteiger partial charge in [-0.3, -0.25) is 4.98 Å². The number of aromatic nitrogens is 1. The van der Waals surface area contributed by atoms with E-state index in [4.69, 9.17) is 9.72 Å². The molecule has 1 aromatic heterocycles. The van der Waals surface area contributed by atoms with Crippen LogP contribution in [0.1, 0.15) is 50.8 Å². The standard InChI is InChI=1S/C21H26N2O/c1-20(2)15-8-9-21(20,3)19-17(15)18(23-10-12-24-13-11-23)14-6-4-5-7-16(14)22-19/h4-7,15H,8-13H2,1-3H3/t15-,21+/m0/s1. The topological polar surface area (TPSA) is 25.4 Å². The van der Waals surface area contributed by atoms with Gasteiger partial charge in [0.2, 0.25) is 0 Å². The molecule has 126 valence electrons. The number of fused-ring (bicyclic) bond motifs is 6. The molecular weight excluding hydrogens is 296 g/mol. The highest BCUT2D eigenvalue weighted by Gasteiger charge is 2.61. The molecular formula is C21H26N2O. The first-order chi connectivity index (χ1) is 11.5. The Morgan fingerprint density at radius 1 is 1.12 bits per heavy atom. The predicted octanol–water partition coefficient (Wildman–Crippen LogP) is 4.25. The smallest absolute Gasteiger partial charge is 0.0726 e. The van der Waals surface area contributed by atoms with Gasteiger partial charge >= 0.3 is 0 Å². The van der Waals surface area contributed by atoms with Gasteiger partial charge in [-0.2, -0.15) is 0 Å². The summed E-state index contributed by atoms with van der Waals surface area (Å²) in [7, 11) is 0. The van der Waals surface area contributed by atoms with Gasteiger partial charge in [-0.15, -0.1) is 0 Å². The quantitative estimate of drug-likeness (QED) is 0.785. The molecule has 24 heavy (non-hydrogen) atoms. The van der Waals surface area contributed by atoms with E-state index in [1.54, 1.807) is 5.56 Å². The fourth-order valence-corrected chi connectivity index (χ4v) is 5.52. The van der Waals surface area contributed by atoms with Crippen molar-refractivity contribution in [3.8, 4) is 0 Å². The van der Waals surface area contributed by atoms with Crippen molar-refractivity contribution in [1.29, 1.82) is 0 Å². The second-order valence-electron chi connectivity index (χ2n) is 8.48. The van der Waals surface area contributed by atoms with Crippen molar-refractivity contribution >= 4 is 16.6 Å². The van der Waals surface area contributed by atoms with Crippen LogP contribution in [0.5, 0.6) is 0 Å². The summed E-state index contributed by atoms with van der Waals surface area (Å²) < 4.78 is 5.62. The number of pyridine rings is 1. The molecule has 0 unspecified atom stereocenters. The van der Waals surface area contributed by atoms with E-state index in [0.29, 0.717) is 11.3 Å². The van der Waals surface area contributed by atoms with E-state index in [0.717, 1.165) is 31.8 Å². The largest absolute Gasteiger partial charge is 0.378 e. The first kappa shape index (κ1) is 14.7. The molecule has 3 aliphatic rings. The lowest BCUT2D eigenvalue weighted by Gasteiger charge is -2.34. The van der Waals surface area contributed by atoms with E-state index in [2.05, 4.69) is 49.9 Å². The molecule has 1 saturated carbocycles. The van der Waals surface area contributed by atoms with Gasteiger partial charge in [0.05, 0.1) is 30.1 Å². The van der Waals surface area contributed by atoms with Gasteiger partial charge in [0.15, 0.2) is 0 Å². The maximum Gasteiger partial charge on any atom is 0.0726 e. The average Bonchev–Trinajstić information content (AvgIpc) is 2.93. The monoisotopic (exact) mass is 322 g/mol. The summed E-state index contributed by atoms with van der Waals surface area (Å²) in [6, 6.07) is 8.71. The van der Waals surface area contributed by atoms with Crippen LogP contribution in [0, 0.1) is 5.41 Å². The van der Waals surface area contributed by atoms with Crippen LogP contribution in [-0.4, -0.2) is 31.3 Å². The molecule has 0 N–H and O–H groups in total. The van der Waals surface area contributed by atoms with Crippen LogP contribution < -0.4 is 4.90 Å². The van der Waals surface area contributed by atoms with Gasteiger partial charge in [0, 0.05) is 29.5 Å². The normalized spacial score (nSPS) is 30.8. The van der Waals surface area contributed by atoms with E-state index >= 15 is 0 Å². The summed E-state index contributed by atoms with van der Waals surface area (Å²) in [6.45, 7) is 11.0. The molecule has 1 aromatic carbocycles. The zero-order chi connectivity index (χ0) is 16.5. The third-order valence-electron chi connectivity index (χ3n) is 7.33. The molecule has 3 nitrogen and oxygen atoms in total. The molecule has 2 bridgehead atoms. The molecule has 1 saturated heterocycles. The highest BCUT2D eigenvalue weighted by atomic mass is 16.5. The molecule has 1 aliphatic heterocycles. The summed E-state index contributed by atoms with van der Waals surface area (Å²) in [6.07, 6.45) is 2.57. The van der Waals surface area contributed by atoms with Crippen LogP contribution in [0.3, 0.4) is 0 Å². The first-order valence-corrected chi connectivity index (χ1v) is 9.30. The molecule has 2 atom stereocenters. The number of benzene rings is 1. The van der Waals surface area contributed by atoms with Gasteiger partial charge in [-0.25, -0.2) is 0 Å². The Bertz CT molecular complexity index is 822. The van der Waals surface area contributed by atoms with Crippen LogP contribution in [-0.2, 0) is 10.2 Å². The number of rotatable bonds is 1. The molecule has 3 heteroatoms. The van der Waals surface area contributed by atoms with Crippen LogP contribution in [0.25, 0.3) is 10.9 Å². The second kappa shape index (κ2) is 4.72. The van der Waals surface area contributed by atoms with E-state index in [1.807, 2.05) is 0 Å². The molecule has 5 rings (SSSR count). The lowest BCUT2D eigenvalue weighted by molar-refractivity contribution is 0.122. The zero-order valence-electron chi connectivity index (χ0n) is 14.9. The Hall–Kier alpha value is -1.61. The lowest BCUT2D eigenvalue weighted by atomic mass is 9.70. The van der Waals surface area contributed by atoms with Crippen molar-refractivity contribution in [2.75, 3.05) is 31.2 Å². The average molecular weight is 322 g/mol. The molecule has 2 aliphatic carbocycles. The number of para-hydroxylation sites is 1. The number of morpholine rings is 1. The minimum absolute atomic E-state index is 0.206. The summed E-state index contributed by atoms with van der Waals surface area (Å²) in [5.41, 5.74) is 6.04. The van der Waals surface area contributed by atoms with E-state index in [1.165, 1.54) is 29.6 Å². The molecule has 0 amide bonds. The third-order valence-corrected chi connectivity index (χ3v) is 7.33. The zero-order valence-corrected chi connectivity index (χ0v) is 14.9. The fraction of sp³-hybridized carbons (Fsp3) is 0.571. The SMILES string of the molecule is CC1(C)[C@H]2CC[C@]1(C)c1nc3ccccc3c(N3CCOCC3)c12. The highest BCUT2D eigenvalue weighted by molar-refractivity contribution is 5.95. The molecule has 2 heterocycles. The van der Waals surface area contributed by atoms with Crippen molar-refractivity contribution in [3.05, 3.63) is 35.5 Å². The molecule has 0 radical (unpaired) electrons. The Morgan fingerprint density at radius 3 is 2.67 bits per heavy atom. The van der Waals surface area contributed by atoms with Gasteiger partial charge in [0.25, 0.3) is 0 Å². The maximum absolute atomic E-state index is 5.62. The van der Waals surface area contributed by atoms with Crippen LogP contribution in [0.4, 0.5) is 5.69 Å². The number of hydrogen-bond donors (Lipinski definition) is 0. The Balaban J connectivity index is 1.84. The van der Waals surface area contributed by atoms with E-state index < -0.39 is 0 Å². The second-order valence-corrected chi connectivity index (χ2v) is 8.48. The Morgan fingerprint density at radius 2 is 1.88 bits per heavy atom. The van der Waals surface area contributed by atoms with Gasteiger partial charge in [-0.1, -0.05) is 39.0 Å². The Kier molecular flexibility index (Phi) is 2.90. The molecule has 0 spiro atoms. The number of ether oxygens (including phenoxy) is 1. The number of hydrogen-bond acceptors (Lipinski definition) is 3. The van der Waals surface area contributed by atoms with Crippen molar-refractivity contribution in [1.82, 2.24) is 4.98 Å². The summed E-state index contributed by atoms with van der Waals surface area (Å²) in [5.74, 6) is 0.632. The van der Waals surface area contributed by atoms with Crippen molar-refractivity contribution in [2.24, 2.45) is 5.41 Å². The number of anilines is 1. The summed E-state index contributed by atoms with van der Waals surface area (Å²) in [5, 5.41) is 1.32. The summed E-state index contributed by atoms with van der Waals surface area (Å²) in [4.78, 5) is 7.77. The predicted molar refractivity (Wildman–Crippen MR) is 97.9 cm³/mol. The third kappa shape index (κ3) is 1.64. The molecule has 2 aromatic rings. The van der Waals surface area contributed by atoms with Crippen molar-refractivity contribution in [3.63, 3.8) is 0 Å². The van der Waals surface area contributed by atoms with E-state index in [9.17, 15) is 0 Å². The van der Waals surface area contributed by atoms with Crippen molar-refractivity contribution in [2.45, 2.75) is 44.9 Å². The van der Waals surface area contributed by atoms with Gasteiger partial charge in [-0.05, 0) is 30.2 Å². The molecule has 2 fully saturated rings. The van der Waals surface area contributed by atoms with Crippen LogP contribution in [0.2, 0.25) is 0 Å². The van der Waals surface area contributed by atoms with Gasteiger partial charge < -0.3 is 9.64 Å². The van der Waals surface area contributed by atoms with Crippen LogP contribution >= 0.6 is 0 Å². The van der Waals surface area contributed by atoms with Crippen molar-refractivity contribution < 1.29 is 4.74 Å². The van der Waals surface area contributed by atoms with Crippen LogP contribution in [0.15, 0.2) is 24.3 Å².